The molecule has 0 aliphatic carbocycles. The number of nitrogens with one attached hydrogen (secondary N) is 3. The molecule has 0 bridgehead atoms. The molecule has 1 fully saturated rings. The van der Waals surface area contributed by atoms with E-state index in [1.165, 1.54) is 11.4 Å². The zero-order valence-electron chi connectivity index (χ0n) is 22.2. The summed E-state index contributed by atoms with van der Waals surface area (Å²) in [5.74, 6) is 1.03. The van der Waals surface area contributed by atoms with Crippen LogP contribution in [0.5, 0.6) is 0 Å². The number of hydrogen-bond donors (Lipinski definition) is 3. The Morgan fingerprint density at radius 2 is 1.72 bits per heavy atom. The van der Waals surface area contributed by atoms with Gasteiger partial charge in [0, 0.05) is 45.1 Å². The van der Waals surface area contributed by atoms with E-state index in [2.05, 4.69) is 37.5 Å². The van der Waals surface area contributed by atoms with Crippen LogP contribution in [-0.2, 0) is 21.2 Å². The van der Waals surface area contributed by atoms with Gasteiger partial charge in [0.1, 0.15) is 11.5 Å². The van der Waals surface area contributed by atoms with Crippen molar-refractivity contribution in [3.63, 3.8) is 0 Å². The maximum absolute atomic E-state index is 12.7. The molecule has 4 aromatic rings. The van der Waals surface area contributed by atoms with E-state index in [1.54, 1.807) is 24.4 Å². The minimum atomic E-state index is -3.45. The number of para-hydroxylation sites is 2. The lowest BCUT2D eigenvalue weighted by atomic mass is 10.1. The van der Waals surface area contributed by atoms with Crippen molar-refractivity contribution in [3.05, 3.63) is 66.4 Å². The molecule has 11 nitrogen and oxygen atoms in total. The van der Waals surface area contributed by atoms with E-state index < -0.39 is 10.0 Å². The molecule has 1 amide bonds. The fourth-order valence-corrected chi connectivity index (χ4v) is 4.95. The molecule has 3 N–H and O–H groups in total. The number of sulfonamides is 1. The average molecular weight is 549 g/mol. The molecule has 0 saturated carbocycles. The molecule has 39 heavy (non-hydrogen) atoms. The van der Waals surface area contributed by atoms with E-state index in [0.29, 0.717) is 35.2 Å². The fraction of sp³-hybridized carbons (Fsp3) is 0.296. The van der Waals surface area contributed by atoms with Gasteiger partial charge in [-0.2, -0.15) is 9.97 Å². The molecule has 12 heteroatoms. The first-order chi connectivity index (χ1) is 18.7. The van der Waals surface area contributed by atoms with Gasteiger partial charge in [-0.15, -0.1) is 0 Å². The Hall–Kier alpha value is -4.16. The number of fused-ring (bicyclic) bond motifs is 1. The van der Waals surface area contributed by atoms with Crippen molar-refractivity contribution in [1.29, 1.82) is 0 Å². The molecular formula is C27H32N8O3S. The third-order valence-corrected chi connectivity index (χ3v) is 8.02. The second-order valence-electron chi connectivity index (χ2n) is 9.69. The van der Waals surface area contributed by atoms with Crippen LogP contribution in [-0.4, -0.2) is 85.6 Å². The Bertz CT molecular complexity index is 1580. The number of piperazine rings is 1. The maximum atomic E-state index is 12.7. The highest BCUT2D eigenvalue weighted by Crippen LogP contribution is 2.32. The van der Waals surface area contributed by atoms with Gasteiger partial charge in [0.2, 0.25) is 21.9 Å². The van der Waals surface area contributed by atoms with Crippen LogP contribution < -0.4 is 14.9 Å². The van der Waals surface area contributed by atoms with Crippen molar-refractivity contribution in [2.45, 2.75) is 6.42 Å². The summed E-state index contributed by atoms with van der Waals surface area (Å²) in [6, 6.07) is 16.7. The van der Waals surface area contributed by atoms with Crippen LogP contribution in [0.3, 0.4) is 0 Å². The quantitative estimate of drug-likeness (QED) is 0.307. The predicted molar refractivity (Wildman–Crippen MR) is 154 cm³/mol. The number of benzene rings is 2. The number of carbonyl (C=O) groups excluding carboxylic acids is 1. The Kier molecular flexibility index (Phi) is 7.40. The average Bonchev–Trinajstić information content (AvgIpc) is 3.39. The first-order valence-electron chi connectivity index (χ1n) is 12.6. The molecule has 2 aromatic heterocycles. The van der Waals surface area contributed by atoms with Crippen LogP contribution in [0.25, 0.3) is 11.0 Å². The minimum absolute atomic E-state index is 0.141. The van der Waals surface area contributed by atoms with Gasteiger partial charge in [0.15, 0.2) is 0 Å². The summed E-state index contributed by atoms with van der Waals surface area (Å²) in [6.07, 6.45) is 3.30. The van der Waals surface area contributed by atoms with E-state index >= 15 is 0 Å². The summed E-state index contributed by atoms with van der Waals surface area (Å²) in [4.78, 5) is 29.2. The summed E-state index contributed by atoms with van der Waals surface area (Å²) in [7, 11) is 0.126. The van der Waals surface area contributed by atoms with Crippen molar-refractivity contribution < 1.29 is 13.2 Å². The Morgan fingerprint density at radius 1 is 1.00 bits per heavy atom. The zero-order valence-corrected chi connectivity index (χ0v) is 23.0. The van der Waals surface area contributed by atoms with E-state index in [0.717, 1.165) is 49.1 Å². The molecule has 1 saturated heterocycles. The largest absolute Gasteiger partial charge is 0.346 e. The van der Waals surface area contributed by atoms with Gasteiger partial charge in [-0.1, -0.05) is 24.3 Å². The molecule has 2 aromatic carbocycles. The van der Waals surface area contributed by atoms with E-state index in [1.807, 2.05) is 41.3 Å². The van der Waals surface area contributed by atoms with Gasteiger partial charge < -0.3 is 25.4 Å². The SMILES string of the molecule is CN1CCN(C(=O)Cc2ccc(Nc3nc(Nc4ccccc4N(C)S(C)(=O)=O)c4cc[nH]c4n3)cc2)CC1. The number of likely N-dealkylation sites (N-methyl/N-ethyl adjacent to an activating group) is 1. The number of carbonyl (C=O) groups is 1. The summed E-state index contributed by atoms with van der Waals surface area (Å²) >= 11 is 0. The number of anilines is 5. The van der Waals surface area contributed by atoms with Gasteiger partial charge in [-0.3, -0.25) is 9.10 Å². The molecule has 5 rings (SSSR count). The Balaban J connectivity index is 1.33. The molecule has 204 valence electrons. The number of H-pyrrole nitrogens is 1. The van der Waals surface area contributed by atoms with Gasteiger partial charge >= 0.3 is 0 Å². The lowest BCUT2D eigenvalue weighted by Gasteiger charge is -2.32. The van der Waals surface area contributed by atoms with Gasteiger partial charge in [-0.05, 0) is 42.9 Å². The van der Waals surface area contributed by atoms with E-state index in [-0.39, 0.29) is 5.91 Å². The molecule has 0 spiro atoms. The highest BCUT2D eigenvalue weighted by Gasteiger charge is 2.20. The molecular weight excluding hydrogens is 516 g/mol. The second-order valence-corrected chi connectivity index (χ2v) is 11.7. The van der Waals surface area contributed by atoms with Gasteiger partial charge in [0.25, 0.3) is 0 Å². The lowest BCUT2D eigenvalue weighted by Crippen LogP contribution is -2.47. The fourth-order valence-electron chi connectivity index (χ4n) is 4.43. The Labute approximate surface area is 227 Å². The summed E-state index contributed by atoms with van der Waals surface area (Å²) in [6.45, 7) is 3.32. The monoisotopic (exact) mass is 548 g/mol. The van der Waals surface area contributed by atoms with Crippen molar-refractivity contribution in [2.24, 2.45) is 0 Å². The third kappa shape index (κ3) is 6.13. The van der Waals surface area contributed by atoms with Crippen LogP contribution >= 0.6 is 0 Å². The van der Waals surface area contributed by atoms with Crippen molar-refractivity contribution in [1.82, 2.24) is 24.8 Å². The number of aromatic nitrogens is 3. The standard InChI is InChI=1S/C27H32N8O3S/c1-33-14-16-35(17-15-33)24(36)18-19-8-10-20(11-9-19)29-27-31-25-21(12-13-28-25)26(32-27)30-22-6-4-5-7-23(22)34(2)39(3,37)38/h4-13H,14-18H2,1-3H3,(H3,28,29,30,31,32). The summed E-state index contributed by atoms with van der Waals surface area (Å²) in [5.41, 5.74) is 3.43. The molecule has 0 radical (unpaired) electrons. The van der Waals surface area contributed by atoms with E-state index in [9.17, 15) is 13.2 Å². The normalized spacial score (nSPS) is 14.4. The maximum Gasteiger partial charge on any atom is 0.232 e. The van der Waals surface area contributed by atoms with Gasteiger partial charge in [0.05, 0.1) is 29.4 Å². The highest BCUT2D eigenvalue weighted by molar-refractivity contribution is 7.92. The Morgan fingerprint density at radius 3 is 2.44 bits per heavy atom. The topological polar surface area (TPSA) is 127 Å². The predicted octanol–water partition coefficient (Wildman–Crippen LogP) is 3.16. The highest BCUT2D eigenvalue weighted by atomic mass is 32.2. The smallest absolute Gasteiger partial charge is 0.232 e. The van der Waals surface area contributed by atoms with Crippen LogP contribution in [0.15, 0.2) is 60.8 Å². The molecule has 0 unspecified atom stereocenters. The number of hydrogen-bond acceptors (Lipinski definition) is 8. The van der Waals surface area contributed by atoms with Crippen molar-refractivity contribution in [3.8, 4) is 0 Å². The zero-order chi connectivity index (χ0) is 27.6. The van der Waals surface area contributed by atoms with Gasteiger partial charge in [-0.25, -0.2) is 8.42 Å². The van der Waals surface area contributed by atoms with Crippen LogP contribution in [0.2, 0.25) is 0 Å². The van der Waals surface area contributed by atoms with Crippen LogP contribution in [0.4, 0.5) is 28.8 Å². The molecule has 3 heterocycles. The first-order valence-corrected chi connectivity index (χ1v) is 14.5. The number of aromatic amines is 1. The molecule has 0 atom stereocenters. The third-order valence-electron chi connectivity index (χ3n) is 6.83. The number of nitrogens with zero attached hydrogens (tertiary/aromatic N) is 5. The molecule has 1 aliphatic rings. The van der Waals surface area contributed by atoms with Crippen molar-refractivity contribution >= 4 is 55.8 Å². The summed E-state index contributed by atoms with van der Waals surface area (Å²) in [5, 5.41) is 7.28. The first kappa shape index (κ1) is 26.4. The van der Waals surface area contributed by atoms with Crippen LogP contribution in [0, 0.1) is 0 Å². The van der Waals surface area contributed by atoms with Crippen molar-refractivity contribution in [2.75, 3.05) is 61.5 Å². The number of amides is 1. The number of rotatable bonds is 8. The van der Waals surface area contributed by atoms with E-state index in [4.69, 9.17) is 0 Å². The molecule has 1 aliphatic heterocycles. The summed E-state index contributed by atoms with van der Waals surface area (Å²) < 4.78 is 25.6. The van der Waals surface area contributed by atoms with Crippen LogP contribution in [0.1, 0.15) is 5.56 Å². The lowest BCUT2D eigenvalue weighted by molar-refractivity contribution is -0.132. The second kappa shape index (κ2) is 10.9. The minimum Gasteiger partial charge on any atom is -0.346 e.